The van der Waals surface area contributed by atoms with E-state index in [-0.39, 0.29) is 5.41 Å². The Balaban J connectivity index is 0.000000413. The third kappa shape index (κ3) is 13.7. The molecule has 2 aromatic rings. The van der Waals surface area contributed by atoms with E-state index in [0.717, 1.165) is 56.8 Å². The van der Waals surface area contributed by atoms with Gasteiger partial charge in [-0.15, -0.1) is 0 Å². The first-order valence-corrected chi connectivity index (χ1v) is 12.8. The predicted molar refractivity (Wildman–Crippen MR) is 137 cm³/mol. The zero-order valence-corrected chi connectivity index (χ0v) is 23.4. The number of piperidine rings is 1. The van der Waals surface area contributed by atoms with Crippen LogP contribution in [0.3, 0.4) is 0 Å². The number of carbonyl (C=O) groups excluding carboxylic acids is 1. The molecule has 1 spiro atoms. The number of amides is 1. The van der Waals surface area contributed by atoms with Crippen molar-refractivity contribution in [2.24, 2.45) is 5.41 Å². The van der Waals surface area contributed by atoms with Gasteiger partial charge in [-0.2, -0.15) is 39.5 Å². The number of halogens is 9. The number of alkyl halides is 9. The molecule has 2 aromatic heterocycles. The molecule has 0 unspecified atom stereocenters. The normalized spacial score (nSPS) is 16.2. The maximum Gasteiger partial charge on any atom is 0.490 e. The van der Waals surface area contributed by atoms with Crippen molar-refractivity contribution in [1.82, 2.24) is 19.8 Å². The summed E-state index contributed by atoms with van der Waals surface area (Å²) in [6, 6.07) is 11.9. The second-order valence-corrected chi connectivity index (χ2v) is 9.58. The maximum absolute atomic E-state index is 13.0. The average molecular weight is 679 g/mol. The van der Waals surface area contributed by atoms with Gasteiger partial charge in [-0.1, -0.05) is 12.1 Å². The molecule has 0 bridgehead atoms. The Kier molecular flexibility index (Phi) is 14.4. The van der Waals surface area contributed by atoms with Crippen LogP contribution in [0.2, 0.25) is 0 Å². The molecular weight excluding hydrogens is 651 g/mol. The van der Waals surface area contributed by atoms with Gasteiger partial charge in [0.05, 0.1) is 23.3 Å². The molecule has 4 heterocycles. The van der Waals surface area contributed by atoms with Crippen LogP contribution in [-0.2, 0) is 32.3 Å². The van der Waals surface area contributed by atoms with Gasteiger partial charge in [0.15, 0.2) is 0 Å². The Morgan fingerprint density at radius 1 is 0.652 bits per heavy atom. The number of pyridine rings is 2. The number of carboxylic acids is 3. The minimum absolute atomic E-state index is 0.143. The van der Waals surface area contributed by atoms with Crippen LogP contribution in [-0.4, -0.2) is 97.1 Å². The molecular formula is C26H27F9N4O7. The lowest BCUT2D eigenvalue weighted by atomic mass is 9.77. The van der Waals surface area contributed by atoms with Crippen molar-refractivity contribution in [2.45, 2.75) is 50.9 Å². The summed E-state index contributed by atoms with van der Waals surface area (Å²) in [5.74, 6) is -7.94. The van der Waals surface area contributed by atoms with E-state index in [0.29, 0.717) is 12.5 Å². The SMILES string of the molecule is O=C(O)C(F)(F)F.O=C(O)C(F)(F)F.O=C(O)C(F)(F)F.O=C1N(Cc2ccccn2)CCC12CCN(Cc1ccccn1)CC2. The third-order valence-corrected chi connectivity index (χ3v) is 6.33. The maximum atomic E-state index is 13.0. The lowest BCUT2D eigenvalue weighted by molar-refractivity contribution is -0.193. The number of aromatic nitrogens is 2. The van der Waals surface area contributed by atoms with Gasteiger partial charge in [-0.3, -0.25) is 19.7 Å². The first-order valence-electron chi connectivity index (χ1n) is 12.8. The highest BCUT2D eigenvalue weighted by atomic mass is 19.4. The molecule has 4 rings (SSSR count). The summed E-state index contributed by atoms with van der Waals surface area (Å²) in [5.41, 5.74) is 1.93. The number of hydrogen-bond donors (Lipinski definition) is 3. The lowest BCUT2D eigenvalue weighted by Gasteiger charge is -2.37. The monoisotopic (exact) mass is 678 g/mol. The number of aliphatic carboxylic acids is 3. The fourth-order valence-electron chi connectivity index (χ4n) is 4.05. The van der Waals surface area contributed by atoms with Crippen molar-refractivity contribution in [3.05, 3.63) is 60.2 Å². The van der Waals surface area contributed by atoms with Gasteiger partial charge in [-0.25, -0.2) is 14.4 Å². The number of carbonyl (C=O) groups is 4. The molecule has 0 radical (unpaired) electrons. The fraction of sp³-hybridized carbons (Fsp3) is 0.462. The Morgan fingerprint density at radius 3 is 1.33 bits per heavy atom. The molecule has 2 aliphatic rings. The largest absolute Gasteiger partial charge is 0.490 e. The molecule has 46 heavy (non-hydrogen) atoms. The summed E-state index contributed by atoms with van der Waals surface area (Å²) in [4.78, 5) is 52.9. The fourth-order valence-corrected chi connectivity index (χ4v) is 4.05. The van der Waals surface area contributed by atoms with Gasteiger partial charge >= 0.3 is 36.4 Å². The molecule has 11 nitrogen and oxygen atoms in total. The van der Waals surface area contributed by atoms with Gasteiger partial charge in [0.2, 0.25) is 5.91 Å². The summed E-state index contributed by atoms with van der Waals surface area (Å²) < 4.78 is 95.2. The Labute approximate surface area is 254 Å². The van der Waals surface area contributed by atoms with E-state index in [1.807, 2.05) is 41.4 Å². The average Bonchev–Trinajstić information content (AvgIpc) is 3.25. The molecule has 20 heteroatoms. The topological polar surface area (TPSA) is 161 Å². The Bertz CT molecular complexity index is 1230. The first-order chi connectivity index (χ1) is 21.1. The zero-order chi connectivity index (χ0) is 35.3. The van der Waals surface area contributed by atoms with Crippen LogP contribution in [0.15, 0.2) is 48.8 Å². The van der Waals surface area contributed by atoms with E-state index in [4.69, 9.17) is 29.7 Å². The van der Waals surface area contributed by atoms with Crippen molar-refractivity contribution >= 4 is 23.8 Å². The molecule has 1 amide bonds. The van der Waals surface area contributed by atoms with E-state index in [1.54, 1.807) is 6.20 Å². The first kappa shape index (κ1) is 39.5. The summed E-state index contributed by atoms with van der Waals surface area (Å²) in [7, 11) is 0. The van der Waals surface area contributed by atoms with Crippen LogP contribution in [0.25, 0.3) is 0 Å². The molecule has 2 fully saturated rings. The number of likely N-dealkylation sites (tertiary alicyclic amines) is 2. The second kappa shape index (κ2) is 16.7. The summed E-state index contributed by atoms with van der Waals surface area (Å²) in [6.45, 7) is 4.32. The van der Waals surface area contributed by atoms with E-state index < -0.39 is 36.4 Å². The molecule has 3 N–H and O–H groups in total. The van der Waals surface area contributed by atoms with Crippen LogP contribution >= 0.6 is 0 Å². The van der Waals surface area contributed by atoms with Crippen LogP contribution < -0.4 is 0 Å². The highest BCUT2D eigenvalue weighted by Gasteiger charge is 2.48. The zero-order valence-electron chi connectivity index (χ0n) is 23.4. The van der Waals surface area contributed by atoms with E-state index in [1.165, 1.54) is 0 Å². The summed E-state index contributed by atoms with van der Waals surface area (Å²) >= 11 is 0. The quantitative estimate of drug-likeness (QED) is 0.396. The molecule has 2 aliphatic heterocycles. The lowest BCUT2D eigenvalue weighted by Crippen LogP contribution is -2.44. The highest BCUT2D eigenvalue weighted by Crippen LogP contribution is 2.42. The minimum Gasteiger partial charge on any atom is -0.475 e. The summed E-state index contributed by atoms with van der Waals surface area (Å²) in [5, 5.41) is 21.4. The Morgan fingerprint density at radius 2 is 1.00 bits per heavy atom. The molecule has 0 aromatic carbocycles. The number of nitrogens with zero attached hydrogens (tertiary/aromatic N) is 4. The van der Waals surface area contributed by atoms with E-state index >= 15 is 0 Å². The number of carboxylic acid groups (broad SMARTS) is 3. The van der Waals surface area contributed by atoms with Gasteiger partial charge in [-0.05, 0) is 56.6 Å². The molecule has 256 valence electrons. The van der Waals surface area contributed by atoms with Crippen LogP contribution in [0.5, 0.6) is 0 Å². The standard InChI is InChI=1S/C20H24N4O.3C2HF3O2/c25-19-20(9-14-24(19)16-18-6-2-4-11-22-18)7-12-23(13-8-20)15-17-5-1-3-10-21-17;3*3-2(4,5)1(6)7/h1-6,10-11H,7-9,12-16H2;3*(H,6,7). The van der Waals surface area contributed by atoms with Crippen molar-refractivity contribution in [3.63, 3.8) is 0 Å². The van der Waals surface area contributed by atoms with Crippen molar-refractivity contribution in [1.29, 1.82) is 0 Å². The van der Waals surface area contributed by atoms with Gasteiger partial charge < -0.3 is 20.2 Å². The predicted octanol–water partition coefficient (Wildman–Crippen LogP) is 4.39. The van der Waals surface area contributed by atoms with Crippen molar-refractivity contribution in [3.8, 4) is 0 Å². The molecule has 0 aliphatic carbocycles. The number of hydrogen-bond acceptors (Lipinski definition) is 7. The van der Waals surface area contributed by atoms with E-state index in [2.05, 4.69) is 20.9 Å². The molecule has 2 saturated heterocycles. The van der Waals surface area contributed by atoms with Gasteiger partial charge in [0.1, 0.15) is 0 Å². The minimum atomic E-state index is -5.08. The Hall–Kier alpha value is -4.49. The van der Waals surface area contributed by atoms with E-state index in [9.17, 15) is 44.3 Å². The highest BCUT2D eigenvalue weighted by molar-refractivity contribution is 5.85. The molecule has 0 saturated carbocycles. The molecule has 0 atom stereocenters. The van der Waals surface area contributed by atoms with Crippen molar-refractivity contribution < 1.29 is 74.0 Å². The van der Waals surface area contributed by atoms with Crippen LogP contribution in [0.4, 0.5) is 39.5 Å². The van der Waals surface area contributed by atoms with Gasteiger partial charge in [0, 0.05) is 25.5 Å². The second-order valence-electron chi connectivity index (χ2n) is 9.58. The summed E-state index contributed by atoms with van der Waals surface area (Å²) in [6.07, 6.45) is -8.72. The van der Waals surface area contributed by atoms with Crippen LogP contribution in [0.1, 0.15) is 30.7 Å². The van der Waals surface area contributed by atoms with Gasteiger partial charge in [0.25, 0.3) is 0 Å². The van der Waals surface area contributed by atoms with Crippen molar-refractivity contribution in [2.75, 3.05) is 19.6 Å². The van der Waals surface area contributed by atoms with Crippen LogP contribution in [0, 0.1) is 5.41 Å². The third-order valence-electron chi connectivity index (χ3n) is 6.33. The smallest absolute Gasteiger partial charge is 0.475 e. The number of rotatable bonds is 4.